The molecule has 0 aliphatic carbocycles. The van der Waals surface area contributed by atoms with Gasteiger partial charge in [0.2, 0.25) is 0 Å². The number of hydrogen-bond donors (Lipinski definition) is 1. The van der Waals surface area contributed by atoms with Crippen LogP contribution >= 0.6 is 0 Å². The van der Waals surface area contributed by atoms with E-state index in [0.29, 0.717) is 51.5 Å². The third-order valence-electron chi connectivity index (χ3n) is 6.23. The van der Waals surface area contributed by atoms with E-state index in [9.17, 15) is 18.0 Å². The number of alkyl halides is 3. The van der Waals surface area contributed by atoms with E-state index in [-0.39, 0.29) is 24.4 Å². The molecule has 2 aliphatic heterocycles. The van der Waals surface area contributed by atoms with Crippen LogP contribution in [0.2, 0.25) is 0 Å². The molecule has 3 heterocycles. The second kappa shape index (κ2) is 9.34. The average Bonchev–Trinajstić information content (AvgIpc) is 2.97. The number of H-pyrrole nitrogens is 1. The fourth-order valence-electron chi connectivity index (χ4n) is 4.63. The molecule has 0 unspecified atom stereocenters. The van der Waals surface area contributed by atoms with Crippen LogP contribution in [-0.4, -0.2) is 50.1 Å². The molecule has 31 heavy (non-hydrogen) atoms. The Kier molecular flexibility index (Phi) is 6.55. The number of aromatic amines is 1. The van der Waals surface area contributed by atoms with Gasteiger partial charge in [-0.2, -0.15) is 13.2 Å². The lowest BCUT2D eigenvalue weighted by atomic mass is 9.92. The Morgan fingerprint density at radius 2 is 1.81 bits per heavy atom. The van der Waals surface area contributed by atoms with Crippen molar-refractivity contribution in [1.29, 1.82) is 0 Å². The summed E-state index contributed by atoms with van der Waals surface area (Å²) in [5.74, 6) is -0.738. The van der Waals surface area contributed by atoms with E-state index in [0.717, 1.165) is 11.3 Å². The largest absolute Gasteiger partial charge is 0.391 e. The Morgan fingerprint density at radius 1 is 1.06 bits per heavy atom. The maximum atomic E-state index is 13.6. The van der Waals surface area contributed by atoms with Crippen molar-refractivity contribution in [2.45, 2.75) is 37.9 Å². The molecular formula is C23H28F3N3O2. The van der Waals surface area contributed by atoms with Crippen LogP contribution in [0.4, 0.5) is 24.7 Å². The van der Waals surface area contributed by atoms with Crippen LogP contribution in [-0.2, 0) is 11.2 Å². The minimum atomic E-state index is -4.21. The summed E-state index contributed by atoms with van der Waals surface area (Å²) < 4.78 is 46.3. The number of halogens is 3. The molecule has 2 fully saturated rings. The number of ether oxygens (including phenoxy) is 1. The van der Waals surface area contributed by atoms with Gasteiger partial charge in [-0.15, -0.1) is 0 Å². The lowest BCUT2D eigenvalue weighted by molar-refractivity contribution is -0.178. The van der Waals surface area contributed by atoms with Crippen molar-refractivity contribution in [2.24, 2.45) is 5.92 Å². The van der Waals surface area contributed by atoms with Gasteiger partial charge in [-0.25, -0.2) is 0 Å². The quantitative estimate of drug-likeness (QED) is 0.789. The maximum absolute atomic E-state index is 13.6. The van der Waals surface area contributed by atoms with Gasteiger partial charge in [-0.1, -0.05) is 30.3 Å². The van der Waals surface area contributed by atoms with Gasteiger partial charge in [0.25, 0.3) is 5.56 Å². The maximum Gasteiger partial charge on any atom is 0.391 e. The highest BCUT2D eigenvalue weighted by atomic mass is 19.4. The number of pyridine rings is 1. The second-order valence-corrected chi connectivity index (χ2v) is 8.34. The molecule has 0 saturated carbocycles. The number of rotatable bonds is 4. The van der Waals surface area contributed by atoms with E-state index in [1.807, 2.05) is 41.3 Å². The third kappa shape index (κ3) is 5.42. The summed E-state index contributed by atoms with van der Waals surface area (Å²) in [6.45, 7) is 3.04. The number of anilines is 2. The highest BCUT2D eigenvalue weighted by Crippen LogP contribution is 2.38. The highest BCUT2D eigenvalue weighted by Gasteiger charge is 2.43. The van der Waals surface area contributed by atoms with Crippen LogP contribution in [0.3, 0.4) is 0 Å². The molecule has 1 aromatic carbocycles. The molecule has 8 heteroatoms. The van der Waals surface area contributed by atoms with Gasteiger partial charge in [-0.3, -0.25) is 4.79 Å². The lowest BCUT2D eigenvalue weighted by Gasteiger charge is -2.34. The molecule has 1 aromatic heterocycles. The van der Waals surface area contributed by atoms with Gasteiger partial charge in [0.15, 0.2) is 0 Å². The van der Waals surface area contributed by atoms with Crippen LogP contribution < -0.4 is 15.4 Å². The Balaban J connectivity index is 1.66. The first-order chi connectivity index (χ1) is 14.9. The van der Waals surface area contributed by atoms with Crippen molar-refractivity contribution in [1.82, 2.24) is 4.98 Å². The SMILES string of the molecule is O=c1cc(N2CCOCC2)cc(N2CCC[C@H](C(F)(F)F)C[C@@H]2Cc2ccccc2)[nH]1. The Hall–Kier alpha value is -2.48. The fraction of sp³-hybridized carbons (Fsp3) is 0.522. The van der Waals surface area contributed by atoms with E-state index >= 15 is 0 Å². The molecule has 0 amide bonds. The van der Waals surface area contributed by atoms with Gasteiger partial charge in [-0.05, 0) is 31.2 Å². The Morgan fingerprint density at radius 3 is 2.52 bits per heavy atom. The first-order valence-corrected chi connectivity index (χ1v) is 10.8. The van der Waals surface area contributed by atoms with Crippen molar-refractivity contribution in [2.75, 3.05) is 42.6 Å². The molecule has 168 valence electrons. The van der Waals surface area contributed by atoms with Gasteiger partial charge in [0.1, 0.15) is 5.82 Å². The highest BCUT2D eigenvalue weighted by molar-refractivity contribution is 5.56. The van der Waals surface area contributed by atoms with E-state index < -0.39 is 12.1 Å². The predicted octanol–water partition coefficient (Wildman–Crippen LogP) is 3.99. The molecule has 5 nitrogen and oxygen atoms in total. The summed E-state index contributed by atoms with van der Waals surface area (Å²) in [5.41, 5.74) is 1.54. The van der Waals surface area contributed by atoms with E-state index in [1.54, 1.807) is 6.07 Å². The fourth-order valence-corrected chi connectivity index (χ4v) is 4.63. The summed E-state index contributed by atoms with van der Waals surface area (Å²) in [6, 6.07) is 12.7. The van der Waals surface area contributed by atoms with E-state index in [2.05, 4.69) is 9.88 Å². The minimum Gasteiger partial charge on any atom is -0.378 e. The van der Waals surface area contributed by atoms with Gasteiger partial charge < -0.3 is 19.5 Å². The van der Waals surface area contributed by atoms with Gasteiger partial charge in [0, 0.05) is 43.5 Å². The normalized spacial score (nSPS) is 22.9. The van der Waals surface area contributed by atoms with Gasteiger partial charge >= 0.3 is 6.18 Å². The molecule has 2 aromatic rings. The van der Waals surface area contributed by atoms with Crippen LogP contribution in [0, 0.1) is 5.92 Å². The first-order valence-electron chi connectivity index (χ1n) is 10.8. The molecular weight excluding hydrogens is 407 g/mol. The summed E-state index contributed by atoms with van der Waals surface area (Å²) >= 11 is 0. The van der Waals surface area contributed by atoms with Crippen molar-refractivity contribution in [3.8, 4) is 0 Å². The van der Waals surface area contributed by atoms with Crippen LogP contribution in [0.15, 0.2) is 47.3 Å². The Labute approximate surface area is 179 Å². The first kappa shape index (κ1) is 21.7. The molecule has 0 radical (unpaired) electrons. The monoisotopic (exact) mass is 435 g/mol. The van der Waals surface area contributed by atoms with Crippen LogP contribution in [0.1, 0.15) is 24.8 Å². The standard InChI is InChI=1S/C23H28F3N3O2/c24-23(25,26)18-7-4-8-29(20(14-18)13-17-5-2-1-3-6-17)21-15-19(16-22(30)27-21)28-9-11-31-12-10-28/h1-3,5-6,15-16,18,20H,4,7-14H2,(H,27,30)/t18-,20-/m0/s1. The van der Waals surface area contributed by atoms with Crippen molar-refractivity contribution in [3.63, 3.8) is 0 Å². The summed E-state index contributed by atoms with van der Waals surface area (Å²) in [4.78, 5) is 19.4. The van der Waals surface area contributed by atoms with Crippen molar-refractivity contribution >= 4 is 11.5 Å². The third-order valence-corrected chi connectivity index (χ3v) is 6.23. The zero-order valence-corrected chi connectivity index (χ0v) is 17.4. The number of benzene rings is 1. The molecule has 1 N–H and O–H groups in total. The average molecular weight is 435 g/mol. The molecule has 2 atom stereocenters. The number of morpholine rings is 1. The van der Waals surface area contributed by atoms with Crippen molar-refractivity contribution < 1.29 is 17.9 Å². The minimum absolute atomic E-state index is 0.0161. The van der Waals surface area contributed by atoms with Crippen LogP contribution in [0.25, 0.3) is 0 Å². The molecule has 4 rings (SSSR count). The Bertz CT molecular complexity index is 910. The number of hydrogen-bond acceptors (Lipinski definition) is 4. The molecule has 0 bridgehead atoms. The zero-order valence-electron chi connectivity index (χ0n) is 17.4. The van der Waals surface area contributed by atoms with Crippen LogP contribution in [0.5, 0.6) is 0 Å². The number of nitrogens with zero attached hydrogens (tertiary/aromatic N) is 2. The topological polar surface area (TPSA) is 48.6 Å². The smallest absolute Gasteiger partial charge is 0.378 e. The molecule has 0 spiro atoms. The van der Waals surface area contributed by atoms with E-state index in [4.69, 9.17) is 4.74 Å². The van der Waals surface area contributed by atoms with Gasteiger partial charge in [0.05, 0.1) is 19.1 Å². The molecule has 2 saturated heterocycles. The number of aromatic nitrogens is 1. The van der Waals surface area contributed by atoms with E-state index in [1.165, 1.54) is 0 Å². The van der Waals surface area contributed by atoms with Crippen molar-refractivity contribution in [3.05, 3.63) is 58.4 Å². The summed E-state index contributed by atoms with van der Waals surface area (Å²) in [5, 5.41) is 0. The second-order valence-electron chi connectivity index (χ2n) is 8.34. The lowest BCUT2D eigenvalue weighted by Crippen LogP contribution is -2.41. The molecule has 2 aliphatic rings. The summed E-state index contributed by atoms with van der Waals surface area (Å²) in [6.07, 6.45) is -3.16. The predicted molar refractivity (Wildman–Crippen MR) is 115 cm³/mol. The zero-order chi connectivity index (χ0) is 21.8. The number of nitrogens with one attached hydrogen (secondary N) is 1. The summed E-state index contributed by atoms with van der Waals surface area (Å²) in [7, 11) is 0.